The predicted octanol–water partition coefficient (Wildman–Crippen LogP) is 1.56. The third kappa shape index (κ3) is 1.88. The van der Waals surface area contributed by atoms with Crippen molar-refractivity contribution in [1.82, 2.24) is 4.98 Å². The molecule has 2 N–H and O–H groups in total. The highest BCUT2D eigenvalue weighted by molar-refractivity contribution is 5.96. The molecule has 1 saturated carbocycles. The Labute approximate surface area is 101 Å². The number of primary amides is 1. The van der Waals surface area contributed by atoms with Gasteiger partial charge in [0.1, 0.15) is 0 Å². The normalized spacial score (nSPS) is 21.5. The van der Waals surface area contributed by atoms with Gasteiger partial charge in [-0.2, -0.15) is 0 Å². The monoisotopic (exact) mass is 231 g/mol. The fourth-order valence-corrected chi connectivity index (χ4v) is 2.74. The first-order valence-corrected chi connectivity index (χ1v) is 6.20. The van der Waals surface area contributed by atoms with Gasteiger partial charge in [0.2, 0.25) is 0 Å². The Morgan fingerprint density at radius 3 is 2.59 bits per heavy atom. The lowest BCUT2D eigenvalue weighted by atomic mass is 9.93. The van der Waals surface area contributed by atoms with Crippen molar-refractivity contribution in [2.45, 2.75) is 25.7 Å². The van der Waals surface area contributed by atoms with E-state index in [4.69, 9.17) is 5.73 Å². The summed E-state index contributed by atoms with van der Waals surface area (Å²) in [5, 5.41) is 0. The van der Waals surface area contributed by atoms with Gasteiger partial charge < -0.3 is 10.6 Å². The average Bonchev–Trinajstić information content (AvgIpc) is 3.10. The number of amides is 1. The van der Waals surface area contributed by atoms with Crippen molar-refractivity contribution in [3.63, 3.8) is 0 Å². The molecule has 3 rings (SSSR count). The van der Waals surface area contributed by atoms with Gasteiger partial charge in [-0.3, -0.25) is 4.79 Å². The fraction of sp³-hybridized carbons (Fsp3) is 0.538. The summed E-state index contributed by atoms with van der Waals surface area (Å²) in [5.41, 5.74) is 7.30. The molecular weight excluding hydrogens is 214 g/mol. The van der Waals surface area contributed by atoms with Crippen LogP contribution in [0, 0.1) is 5.41 Å². The van der Waals surface area contributed by atoms with Gasteiger partial charge in [-0.05, 0) is 43.2 Å². The van der Waals surface area contributed by atoms with Gasteiger partial charge in [-0.25, -0.2) is 4.98 Å². The SMILES string of the molecule is NC(=O)c1ncccc1N1CCC2(CC1)CC2. The maximum atomic E-state index is 11.3. The van der Waals surface area contributed by atoms with Crippen molar-refractivity contribution < 1.29 is 4.79 Å². The predicted molar refractivity (Wildman–Crippen MR) is 65.9 cm³/mol. The van der Waals surface area contributed by atoms with Crippen molar-refractivity contribution in [3.8, 4) is 0 Å². The highest BCUT2D eigenvalue weighted by Crippen LogP contribution is 2.53. The molecule has 4 heteroatoms. The fourth-order valence-electron chi connectivity index (χ4n) is 2.74. The Hall–Kier alpha value is -1.58. The summed E-state index contributed by atoms with van der Waals surface area (Å²) in [6, 6.07) is 3.81. The van der Waals surface area contributed by atoms with Crippen LogP contribution in [-0.2, 0) is 0 Å². The molecule has 1 aliphatic heterocycles. The molecule has 90 valence electrons. The maximum absolute atomic E-state index is 11.3. The second kappa shape index (κ2) is 3.72. The number of rotatable bonds is 2. The number of nitrogens with zero attached hydrogens (tertiary/aromatic N) is 2. The number of carbonyl (C=O) groups is 1. The lowest BCUT2D eigenvalue weighted by Crippen LogP contribution is -2.36. The average molecular weight is 231 g/mol. The highest BCUT2D eigenvalue weighted by atomic mass is 16.1. The molecule has 2 fully saturated rings. The number of nitrogens with two attached hydrogens (primary N) is 1. The van der Waals surface area contributed by atoms with Gasteiger partial charge in [0.05, 0.1) is 5.69 Å². The van der Waals surface area contributed by atoms with Crippen LogP contribution in [0.1, 0.15) is 36.2 Å². The van der Waals surface area contributed by atoms with Gasteiger partial charge >= 0.3 is 0 Å². The van der Waals surface area contributed by atoms with E-state index < -0.39 is 5.91 Å². The molecule has 2 heterocycles. The van der Waals surface area contributed by atoms with Crippen molar-refractivity contribution in [1.29, 1.82) is 0 Å². The minimum absolute atomic E-state index is 0.402. The molecule has 1 aromatic heterocycles. The van der Waals surface area contributed by atoms with Crippen LogP contribution < -0.4 is 10.6 Å². The Bertz CT molecular complexity index is 444. The number of piperidine rings is 1. The Kier molecular flexibility index (Phi) is 2.31. The van der Waals surface area contributed by atoms with E-state index >= 15 is 0 Å². The Morgan fingerprint density at radius 2 is 2.00 bits per heavy atom. The maximum Gasteiger partial charge on any atom is 0.269 e. The van der Waals surface area contributed by atoms with Crippen LogP contribution in [0.25, 0.3) is 0 Å². The van der Waals surface area contributed by atoms with Gasteiger partial charge in [0.15, 0.2) is 5.69 Å². The topological polar surface area (TPSA) is 59.2 Å². The van der Waals surface area contributed by atoms with E-state index in [0.29, 0.717) is 11.1 Å². The zero-order chi connectivity index (χ0) is 11.9. The second-order valence-electron chi connectivity index (χ2n) is 5.22. The first-order valence-electron chi connectivity index (χ1n) is 6.20. The summed E-state index contributed by atoms with van der Waals surface area (Å²) in [7, 11) is 0. The van der Waals surface area contributed by atoms with Crippen LogP contribution >= 0.6 is 0 Å². The van der Waals surface area contributed by atoms with E-state index in [1.807, 2.05) is 12.1 Å². The Balaban J connectivity index is 1.82. The largest absolute Gasteiger partial charge is 0.370 e. The van der Waals surface area contributed by atoms with Gasteiger partial charge in [-0.15, -0.1) is 0 Å². The number of aromatic nitrogens is 1. The van der Waals surface area contributed by atoms with Crippen LogP contribution in [0.4, 0.5) is 5.69 Å². The summed E-state index contributed by atoms with van der Waals surface area (Å²) in [5.74, 6) is -0.438. The van der Waals surface area contributed by atoms with E-state index in [1.54, 1.807) is 6.20 Å². The van der Waals surface area contributed by atoms with Crippen LogP contribution in [-0.4, -0.2) is 24.0 Å². The molecule has 0 bridgehead atoms. The van der Waals surface area contributed by atoms with E-state index in [1.165, 1.54) is 25.7 Å². The number of pyridine rings is 1. The molecule has 0 atom stereocenters. The van der Waals surface area contributed by atoms with E-state index in [9.17, 15) is 4.79 Å². The van der Waals surface area contributed by atoms with Crippen LogP contribution in [0.2, 0.25) is 0 Å². The third-order valence-corrected chi connectivity index (χ3v) is 4.14. The second-order valence-corrected chi connectivity index (χ2v) is 5.22. The molecule has 4 nitrogen and oxygen atoms in total. The number of hydrogen-bond acceptors (Lipinski definition) is 3. The third-order valence-electron chi connectivity index (χ3n) is 4.14. The van der Waals surface area contributed by atoms with Crippen molar-refractivity contribution in [3.05, 3.63) is 24.0 Å². The molecule has 1 amide bonds. The minimum atomic E-state index is -0.438. The summed E-state index contributed by atoms with van der Waals surface area (Å²) in [4.78, 5) is 17.7. The van der Waals surface area contributed by atoms with Crippen molar-refractivity contribution in [2.75, 3.05) is 18.0 Å². The van der Waals surface area contributed by atoms with Crippen LogP contribution in [0.5, 0.6) is 0 Å². The number of anilines is 1. The first kappa shape index (κ1) is 10.6. The minimum Gasteiger partial charge on any atom is -0.370 e. The molecule has 1 aromatic rings. The van der Waals surface area contributed by atoms with Gasteiger partial charge in [-0.1, -0.05) is 0 Å². The standard InChI is InChI=1S/C13H17N3O/c14-12(17)11-10(2-1-7-15-11)16-8-5-13(3-4-13)6-9-16/h1-2,7H,3-6,8-9H2,(H2,14,17). The summed E-state index contributed by atoms with van der Waals surface area (Å²) in [6.45, 7) is 2.04. The summed E-state index contributed by atoms with van der Waals surface area (Å²) in [6.07, 6.45) is 6.86. The molecule has 1 aliphatic carbocycles. The van der Waals surface area contributed by atoms with Gasteiger partial charge in [0.25, 0.3) is 5.91 Å². The van der Waals surface area contributed by atoms with Crippen LogP contribution in [0.15, 0.2) is 18.3 Å². The highest BCUT2D eigenvalue weighted by Gasteiger charge is 2.44. The molecule has 0 unspecified atom stereocenters. The molecule has 0 radical (unpaired) electrons. The first-order chi connectivity index (χ1) is 8.20. The smallest absolute Gasteiger partial charge is 0.269 e. The Morgan fingerprint density at radius 1 is 1.29 bits per heavy atom. The summed E-state index contributed by atoms with van der Waals surface area (Å²) < 4.78 is 0. The molecule has 1 spiro atoms. The molecule has 17 heavy (non-hydrogen) atoms. The molecule has 0 aromatic carbocycles. The number of hydrogen-bond donors (Lipinski definition) is 1. The van der Waals surface area contributed by atoms with Gasteiger partial charge in [0, 0.05) is 19.3 Å². The zero-order valence-electron chi connectivity index (χ0n) is 9.85. The van der Waals surface area contributed by atoms with Crippen molar-refractivity contribution >= 4 is 11.6 Å². The molecule has 1 saturated heterocycles. The lowest BCUT2D eigenvalue weighted by molar-refractivity contribution is 0.0996. The zero-order valence-corrected chi connectivity index (χ0v) is 9.85. The van der Waals surface area contributed by atoms with E-state index in [0.717, 1.165) is 18.8 Å². The number of carbonyl (C=O) groups excluding carboxylic acids is 1. The van der Waals surface area contributed by atoms with E-state index in [2.05, 4.69) is 9.88 Å². The summed E-state index contributed by atoms with van der Waals surface area (Å²) >= 11 is 0. The quantitative estimate of drug-likeness (QED) is 0.840. The molecule has 2 aliphatic rings. The lowest BCUT2D eigenvalue weighted by Gasteiger charge is -2.34. The van der Waals surface area contributed by atoms with Crippen molar-refractivity contribution in [2.24, 2.45) is 11.1 Å². The van der Waals surface area contributed by atoms with E-state index in [-0.39, 0.29) is 0 Å². The molecular formula is C13H17N3O. The van der Waals surface area contributed by atoms with Crippen LogP contribution in [0.3, 0.4) is 0 Å².